The molecule has 1 aliphatic rings. The molecule has 0 saturated carbocycles. The first kappa shape index (κ1) is 12.0. The van der Waals surface area contributed by atoms with Gasteiger partial charge in [-0.1, -0.05) is 0 Å². The lowest BCUT2D eigenvalue weighted by molar-refractivity contribution is -0.137. The van der Waals surface area contributed by atoms with Crippen LogP contribution in [0.1, 0.15) is 16.9 Å². The molecule has 1 unspecified atom stereocenters. The summed E-state index contributed by atoms with van der Waals surface area (Å²) < 4.78 is 1.44. The van der Waals surface area contributed by atoms with Crippen molar-refractivity contribution in [1.29, 1.82) is 0 Å². The minimum Gasteiger partial charge on any atom is -0.480 e. The van der Waals surface area contributed by atoms with Crippen LogP contribution in [0.5, 0.6) is 0 Å². The number of nitrogens with one attached hydrogen (secondary N) is 1. The summed E-state index contributed by atoms with van der Waals surface area (Å²) in [5.41, 5.74) is 0.407. The van der Waals surface area contributed by atoms with Gasteiger partial charge in [-0.2, -0.15) is 11.8 Å². The van der Waals surface area contributed by atoms with E-state index in [0.717, 1.165) is 17.9 Å². The van der Waals surface area contributed by atoms with Gasteiger partial charge in [0, 0.05) is 18.0 Å². The molecule has 92 valence electrons. The average Bonchev–Trinajstić information content (AvgIpc) is 2.87. The lowest BCUT2D eigenvalue weighted by Gasteiger charge is -2.12. The van der Waals surface area contributed by atoms with Gasteiger partial charge >= 0.3 is 5.97 Å². The molecule has 1 aromatic rings. The SMILES string of the molecule is O=C(O)Cn1cccc1C(=O)NC1CCSC1. The van der Waals surface area contributed by atoms with Gasteiger partial charge in [0.15, 0.2) is 0 Å². The number of nitrogens with zero attached hydrogens (tertiary/aromatic N) is 1. The molecule has 1 aliphatic heterocycles. The predicted octanol–water partition coefficient (Wildman–Crippen LogP) is 0.808. The van der Waals surface area contributed by atoms with Crippen LogP contribution in [0, 0.1) is 0 Å². The van der Waals surface area contributed by atoms with E-state index in [9.17, 15) is 9.59 Å². The number of aliphatic carboxylic acids is 1. The van der Waals surface area contributed by atoms with Crippen LogP contribution < -0.4 is 5.32 Å². The first-order valence-electron chi connectivity index (χ1n) is 5.42. The van der Waals surface area contributed by atoms with Gasteiger partial charge in [0.25, 0.3) is 5.91 Å². The molecule has 0 bridgehead atoms. The van der Waals surface area contributed by atoms with Crippen LogP contribution in [-0.4, -0.2) is 39.1 Å². The quantitative estimate of drug-likeness (QED) is 0.834. The smallest absolute Gasteiger partial charge is 0.323 e. The summed E-state index contributed by atoms with van der Waals surface area (Å²) in [6, 6.07) is 3.53. The van der Waals surface area contributed by atoms with E-state index < -0.39 is 5.97 Å². The Kier molecular flexibility index (Phi) is 3.73. The summed E-state index contributed by atoms with van der Waals surface area (Å²) in [5.74, 6) is 0.863. The van der Waals surface area contributed by atoms with Gasteiger partial charge in [-0.25, -0.2) is 0 Å². The highest BCUT2D eigenvalue weighted by Crippen LogP contribution is 2.17. The number of rotatable bonds is 4. The summed E-state index contributed by atoms with van der Waals surface area (Å²) in [4.78, 5) is 22.6. The number of carboxylic acids is 1. The van der Waals surface area contributed by atoms with Gasteiger partial charge in [-0.05, 0) is 24.3 Å². The highest BCUT2D eigenvalue weighted by molar-refractivity contribution is 7.99. The number of carbonyl (C=O) groups is 2. The Morgan fingerprint density at radius 2 is 2.41 bits per heavy atom. The van der Waals surface area contributed by atoms with Crippen LogP contribution in [-0.2, 0) is 11.3 Å². The first-order valence-corrected chi connectivity index (χ1v) is 6.58. The third-order valence-corrected chi connectivity index (χ3v) is 3.80. The molecule has 1 fully saturated rings. The van der Waals surface area contributed by atoms with E-state index >= 15 is 0 Å². The van der Waals surface area contributed by atoms with Crippen molar-refractivity contribution in [3.63, 3.8) is 0 Å². The number of carboxylic acid groups (broad SMARTS) is 1. The van der Waals surface area contributed by atoms with Crippen LogP contribution in [0.15, 0.2) is 18.3 Å². The molecule has 5 nitrogen and oxygen atoms in total. The summed E-state index contributed by atoms with van der Waals surface area (Å²) >= 11 is 1.82. The average molecular weight is 254 g/mol. The Bertz CT molecular complexity index is 424. The molecule has 2 rings (SSSR count). The van der Waals surface area contributed by atoms with Gasteiger partial charge in [-0.3, -0.25) is 9.59 Å². The third-order valence-electron chi connectivity index (χ3n) is 2.63. The van der Waals surface area contributed by atoms with Crippen LogP contribution in [0.25, 0.3) is 0 Å². The fourth-order valence-electron chi connectivity index (χ4n) is 1.81. The van der Waals surface area contributed by atoms with Crippen LogP contribution in [0.3, 0.4) is 0 Å². The van der Waals surface area contributed by atoms with Crippen LogP contribution >= 0.6 is 11.8 Å². The zero-order valence-electron chi connectivity index (χ0n) is 9.26. The topological polar surface area (TPSA) is 71.3 Å². The largest absolute Gasteiger partial charge is 0.480 e. The lowest BCUT2D eigenvalue weighted by atomic mass is 10.2. The summed E-state index contributed by atoms with van der Waals surface area (Å²) in [5, 5.41) is 11.6. The normalized spacial score (nSPS) is 19.2. The van der Waals surface area contributed by atoms with E-state index in [4.69, 9.17) is 5.11 Å². The number of amides is 1. The Morgan fingerprint density at radius 1 is 1.59 bits per heavy atom. The molecule has 0 aromatic carbocycles. The van der Waals surface area contributed by atoms with E-state index in [1.54, 1.807) is 18.3 Å². The third kappa shape index (κ3) is 3.03. The molecule has 0 aliphatic carbocycles. The number of aromatic nitrogens is 1. The molecule has 0 radical (unpaired) electrons. The van der Waals surface area contributed by atoms with Crippen molar-refractivity contribution in [2.45, 2.75) is 19.0 Å². The van der Waals surface area contributed by atoms with Crippen molar-refractivity contribution in [1.82, 2.24) is 9.88 Å². The molecule has 2 heterocycles. The predicted molar refractivity (Wildman–Crippen MR) is 65.3 cm³/mol. The fourth-order valence-corrected chi connectivity index (χ4v) is 2.96. The second kappa shape index (κ2) is 5.27. The highest BCUT2D eigenvalue weighted by atomic mass is 32.2. The number of thioether (sulfide) groups is 1. The monoisotopic (exact) mass is 254 g/mol. The molecular formula is C11H14N2O3S. The lowest BCUT2D eigenvalue weighted by Crippen LogP contribution is -2.36. The standard InChI is InChI=1S/C11H14N2O3S/c14-10(15)6-13-4-1-2-9(13)11(16)12-8-3-5-17-7-8/h1-2,4,8H,3,5-7H2,(H,12,16)(H,14,15). The minimum absolute atomic E-state index is 0.185. The molecule has 1 saturated heterocycles. The number of hydrogen-bond donors (Lipinski definition) is 2. The molecule has 17 heavy (non-hydrogen) atoms. The molecule has 1 aromatic heterocycles. The molecule has 1 amide bonds. The Balaban J connectivity index is 2.02. The van der Waals surface area contributed by atoms with Crippen molar-refractivity contribution >= 4 is 23.6 Å². The van der Waals surface area contributed by atoms with Gasteiger partial charge in [0.2, 0.25) is 0 Å². The minimum atomic E-state index is -0.952. The van der Waals surface area contributed by atoms with E-state index in [2.05, 4.69) is 5.32 Å². The molecule has 1 atom stereocenters. The van der Waals surface area contributed by atoms with Gasteiger partial charge < -0.3 is 15.0 Å². The Labute approximate surface area is 103 Å². The molecule has 2 N–H and O–H groups in total. The maximum absolute atomic E-state index is 11.9. The van der Waals surface area contributed by atoms with Crippen molar-refractivity contribution in [2.75, 3.05) is 11.5 Å². The second-order valence-corrected chi connectivity index (χ2v) is 5.10. The number of carbonyl (C=O) groups excluding carboxylic acids is 1. The van der Waals surface area contributed by atoms with Gasteiger partial charge in [-0.15, -0.1) is 0 Å². The maximum atomic E-state index is 11.9. The molecule has 0 spiro atoms. The van der Waals surface area contributed by atoms with E-state index in [1.807, 2.05) is 11.8 Å². The zero-order chi connectivity index (χ0) is 12.3. The fraction of sp³-hybridized carbons (Fsp3) is 0.455. The van der Waals surface area contributed by atoms with Crippen molar-refractivity contribution < 1.29 is 14.7 Å². The van der Waals surface area contributed by atoms with E-state index in [0.29, 0.717) is 5.69 Å². The second-order valence-electron chi connectivity index (χ2n) is 3.95. The van der Waals surface area contributed by atoms with Crippen molar-refractivity contribution in [3.05, 3.63) is 24.0 Å². The van der Waals surface area contributed by atoms with Gasteiger partial charge in [0.1, 0.15) is 12.2 Å². The van der Waals surface area contributed by atoms with Crippen LogP contribution in [0.4, 0.5) is 0 Å². The van der Waals surface area contributed by atoms with Crippen molar-refractivity contribution in [3.8, 4) is 0 Å². The van der Waals surface area contributed by atoms with Gasteiger partial charge in [0.05, 0.1) is 0 Å². The summed E-state index contributed by atoms with van der Waals surface area (Å²) in [7, 11) is 0. The van der Waals surface area contributed by atoms with E-state index in [-0.39, 0.29) is 18.5 Å². The first-order chi connectivity index (χ1) is 8.16. The highest BCUT2D eigenvalue weighted by Gasteiger charge is 2.20. The number of hydrogen-bond acceptors (Lipinski definition) is 3. The zero-order valence-corrected chi connectivity index (χ0v) is 10.1. The van der Waals surface area contributed by atoms with Crippen molar-refractivity contribution in [2.24, 2.45) is 0 Å². The van der Waals surface area contributed by atoms with E-state index in [1.165, 1.54) is 4.57 Å². The molecule has 6 heteroatoms. The Morgan fingerprint density at radius 3 is 3.06 bits per heavy atom. The summed E-state index contributed by atoms with van der Waals surface area (Å²) in [6.45, 7) is -0.185. The summed E-state index contributed by atoms with van der Waals surface area (Å²) in [6.07, 6.45) is 2.59. The van der Waals surface area contributed by atoms with Crippen LogP contribution in [0.2, 0.25) is 0 Å². The molecular weight excluding hydrogens is 240 g/mol. The Hall–Kier alpha value is -1.43. The maximum Gasteiger partial charge on any atom is 0.323 e.